The quantitative estimate of drug-likeness (QED) is 0.857. The Labute approximate surface area is 123 Å². The lowest BCUT2D eigenvalue weighted by atomic mass is 9.86. The molecule has 1 aliphatic heterocycles. The first kappa shape index (κ1) is 15.0. The van der Waals surface area contributed by atoms with Crippen molar-refractivity contribution in [2.45, 2.75) is 47.1 Å². The van der Waals surface area contributed by atoms with Crippen molar-refractivity contribution in [1.82, 2.24) is 0 Å². The number of anilines is 2. The van der Waals surface area contributed by atoms with Crippen LogP contribution < -0.4 is 15.4 Å². The fourth-order valence-corrected chi connectivity index (χ4v) is 2.30. The van der Waals surface area contributed by atoms with E-state index in [4.69, 9.17) is 4.74 Å². The maximum atomic E-state index is 6.03. The third-order valence-electron chi connectivity index (χ3n) is 3.82. The molecule has 112 valence electrons. The molecule has 1 unspecified atom stereocenters. The molecule has 0 bridgehead atoms. The molecule has 1 aromatic rings. The lowest BCUT2D eigenvalue weighted by Crippen LogP contribution is -2.41. The molecule has 0 fully saturated rings. The average Bonchev–Trinajstić information content (AvgIpc) is 2.37. The third-order valence-corrected chi connectivity index (χ3v) is 3.82. The van der Waals surface area contributed by atoms with Gasteiger partial charge in [-0.1, -0.05) is 40.7 Å². The lowest BCUT2D eigenvalue weighted by Gasteiger charge is -2.37. The molecule has 0 radical (unpaired) electrons. The fourth-order valence-electron chi connectivity index (χ4n) is 2.30. The Kier molecular flexibility index (Phi) is 4.46. The standard InChI is InChI=1S/C17H28N2O/c1-12(2)9-10-18-13-7-6-8-14-16(13)20-11-15(19-14)17(3,4)5/h6-8,12,15,18-19H,9-11H2,1-5H3. The molecule has 2 rings (SSSR count). The van der Waals surface area contributed by atoms with E-state index in [0.29, 0.717) is 12.0 Å². The van der Waals surface area contributed by atoms with E-state index in [1.807, 2.05) is 0 Å². The molecule has 0 saturated carbocycles. The first-order valence-electron chi connectivity index (χ1n) is 7.64. The van der Waals surface area contributed by atoms with Gasteiger partial charge in [-0.15, -0.1) is 0 Å². The third kappa shape index (κ3) is 3.59. The van der Waals surface area contributed by atoms with E-state index in [0.717, 1.165) is 30.3 Å². The van der Waals surface area contributed by atoms with Crippen molar-refractivity contribution in [2.24, 2.45) is 11.3 Å². The molecule has 0 saturated heterocycles. The van der Waals surface area contributed by atoms with Crippen LogP contribution in [0.5, 0.6) is 5.75 Å². The molecule has 1 atom stereocenters. The van der Waals surface area contributed by atoms with Crippen LogP contribution in [0.3, 0.4) is 0 Å². The molecule has 1 aliphatic rings. The Morgan fingerprint density at radius 3 is 2.75 bits per heavy atom. The summed E-state index contributed by atoms with van der Waals surface area (Å²) >= 11 is 0. The van der Waals surface area contributed by atoms with Gasteiger partial charge in [0.05, 0.1) is 17.4 Å². The van der Waals surface area contributed by atoms with Crippen LogP contribution in [-0.2, 0) is 0 Å². The Morgan fingerprint density at radius 2 is 2.10 bits per heavy atom. The highest BCUT2D eigenvalue weighted by molar-refractivity contribution is 5.72. The summed E-state index contributed by atoms with van der Waals surface area (Å²) in [5.74, 6) is 1.68. The Morgan fingerprint density at radius 1 is 1.35 bits per heavy atom. The first-order chi connectivity index (χ1) is 9.38. The topological polar surface area (TPSA) is 33.3 Å². The van der Waals surface area contributed by atoms with Crippen molar-refractivity contribution >= 4 is 11.4 Å². The number of fused-ring (bicyclic) bond motifs is 1. The first-order valence-corrected chi connectivity index (χ1v) is 7.64. The van der Waals surface area contributed by atoms with Crippen molar-refractivity contribution in [3.8, 4) is 5.75 Å². The van der Waals surface area contributed by atoms with Crippen molar-refractivity contribution in [3.05, 3.63) is 18.2 Å². The normalized spacial score (nSPS) is 18.2. The van der Waals surface area contributed by atoms with Gasteiger partial charge < -0.3 is 15.4 Å². The van der Waals surface area contributed by atoms with Gasteiger partial charge in [0.15, 0.2) is 5.75 Å². The minimum atomic E-state index is 0.193. The molecule has 20 heavy (non-hydrogen) atoms. The highest BCUT2D eigenvalue weighted by atomic mass is 16.5. The lowest BCUT2D eigenvalue weighted by molar-refractivity contribution is 0.208. The van der Waals surface area contributed by atoms with E-state index >= 15 is 0 Å². The SMILES string of the molecule is CC(C)CCNc1cccc2c1OCC(C(C)(C)C)N2. The van der Waals surface area contributed by atoms with Crippen LogP contribution in [0.25, 0.3) is 0 Å². The van der Waals surface area contributed by atoms with Gasteiger partial charge in [0, 0.05) is 6.54 Å². The van der Waals surface area contributed by atoms with Gasteiger partial charge in [0.2, 0.25) is 0 Å². The Balaban J connectivity index is 2.08. The minimum absolute atomic E-state index is 0.193. The summed E-state index contributed by atoms with van der Waals surface area (Å²) in [5, 5.41) is 7.10. The molecular formula is C17H28N2O. The van der Waals surface area contributed by atoms with E-state index in [1.165, 1.54) is 6.42 Å². The zero-order valence-electron chi connectivity index (χ0n) is 13.4. The number of para-hydroxylation sites is 1. The predicted molar refractivity (Wildman–Crippen MR) is 86.7 cm³/mol. The summed E-state index contributed by atoms with van der Waals surface area (Å²) in [5.41, 5.74) is 2.40. The van der Waals surface area contributed by atoms with Gasteiger partial charge in [-0.3, -0.25) is 0 Å². The molecule has 0 aromatic heterocycles. The van der Waals surface area contributed by atoms with Crippen LogP contribution in [0.15, 0.2) is 18.2 Å². The zero-order chi connectivity index (χ0) is 14.8. The van der Waals surface area contributed by atoms with Crippen LogP contribution in [0.2, 0.25) is 0 Å². The maximum Gasteiger partial charge on any atom is 0.165 e. The maximum absolute atomic E-state index is 6.03. The molecule has 0 amide bonds. The van der Waals surface area contributed by atoms with Crippen LogP contribution >= 0.6 is 0 Å². The number of ether oxygens (including phenoxy) is 1. The summed E-state index contributed by atoms with van der Waals surface area (Å²) < 4.78 is 6.03. The van der Waals surface area contributed by atoms with Crippen LogP contribution in [0.4, 0.5) is 11.4 Å². The molecule has 0 spiro atoms. The number of hydrogen-bond donors (Lipinski definition) is 2. The van der Waals surface area contributed by atoms with Crippen LogP contribution in [0.1, 0.15) is 41.0 Å². The smallest absolute Gasteiger partial charge is 0.165 e. The van der Waals surface area contributed by atoms with Gasteiger partial charge in [-0.2, -0.15) is 0 Å². The summed E-state index contributed by atoms with van der Waals surface area (Å²) in [4.78, 5) is 0. The van der Waals surface area contributed by atoms with Crippen LogP contribution in [-0.4, -0.2) is 19.2 Å². The monoisotopic (exact) mass is 276 g/mol. The van der Waals surface area contributed by atoms with E-state index in [1.54, 1.807) is 0 Å². The number of nitrogens with one attached hydrogen (secondary N) is 2. The average molecular weight is 276 g/mol. The molecule has 3 heteroatoms. The minimum Gasteiger partial charge on any atom is -0.487 e. The van der Waals surface area contributed by atoms with Crippen molar-refractivity contribution in [3.63, 3.8) is 0 Å². The highest BCUT2D eigenvalue weighted by Gasteiger charge is 2.30. The van der Waals surface area contributed by atoms with Gasteiger partial charge in [0.25, 0.3) is 0 Å². The van der Waals surface area contributed by atoms with Crippen molar-refractivity contribution in [2.75, 3.05) is 23.8 Å². The molecule has 1 aromatic carbocycles. The summed E-state index contributed by atoms with van der Waals surface area (Å²) in [7, 11) is 0. The number of rotatable bonds is 4. The second-order valence-electron chi connectivity index (χ2n) is 7.17. The number of benzene rings is 1. The van der Waals surface area contributed by atoms with Gasteiger partial charge >= 0.3 is 0 Å². The second-order valence-corrected chi connectivity index (χ2v) is 7.17. The number of hydrogen-bond acceptors (Lipinski definition) is 3. The zero-order valence-corrected chi connectivity index (χ0v) is 13.4. The highest BCUT2D eigenvalue weighted by Crippen LogP contribution is 2.39. The van der Waals surface area contributed by atoms with Gasteiger partial charge in [-0.25, -0.2) is 0 Å². The largest absolute Gasteiger partial charge is 0.487 e. The van der Waals surface area contributed by atoms with Crippen molar-refractivity contribution < 1.29 is 4.74 Å². The fraction of sp³-hybridized carbons (Fsp3) is 0.647. The van der Waals surface area contributed by atoms with E-state index in [9.17, 15) is 0 Å². The molecule has 2 N–H and O–H groups in total. The summed E-state index contributed by atoms with van der Waals surface area (Å²) in [6.07, 6.45) is 1.17. The molecular weight excluding hydrogens is 248 g/mol. The van der Waals surface area contributed by atoms with Gasteiger partial charge in [0.1, 0.15) is 6.61 Å². The molecule has 1 heterocycles. The summed E-state index contributed by atoms with van der Waals surface area (Å²) in [6.45, 7) is 12.9. The molecule has 3 nitrogen and oxygen atoms in total. The summed E-state index contributed by atoms with van der Waals surface area (Å²) in [6, 6.07) is 6.62. The Hall–Kier alpha value is -1.38. The Bertz CT molecular complexity index is 449. The second kappa shape index (κ2) is 5.94. The van der Waals surface area contributed by atoms with E-state index in [-0.39, 0.29) is 5.41 Å². The van der Waals surface area contributed by atoms with Gasteiger partial charge in [-0.05, 0) is 29.9 Å². The van der Waals surface area contributed by atoms with E-state index < -0.39 is 0 Å². The van der Waals surface area contributed by atoms with Crippen molar-refractivity contribution in [1.29, 1.82) is 0 Å². The molecule has 0 aliphatic carbocycles. The van der Waals surface area contributed by atoms with Crippen LogP contribution in [0, 0.1) is 11.3 Å². The van der Waals surface area contributed by atoms with E-state index in [2.05, 4.69) is 63.5 Å². The predicted octanol–water partition coefficient (Wildman–Crippen LogP) is 4.36.